The van der Waals surface area contributed by atoms with Gasteiger partial charge in [-0.15, -0.1) is 0 Å². The molecule has 1 unspecified atom stereocenters. The molecule has 31 heavy (non-hydrogen) atoms. The Morgan fingerprint density at radius 2 is 0.839 bits per heavy atom. The lowest BCUT2D eigenvalue weighted by molar-refractivity contribution is 0.193. The van der Waals surface area contributed by atoms with Gasteiger partial charge in [-0.2, -0.15) is 0 Å². The van der Waals surface area contributed by atoms with Crippen molar-refractivity contribution in [1.29, 1.82) is 0 Å². The highest BCUT2D eigenvalue weighted by atomic mass is 31.1. The average Bonchev–Trinajstić information content (AvgIpc) is 2.85. The van der Waals surface area contributed by atoms with Crippen molar-refractivity contribution in [1.82, 2.24) is 0 Å². The van der Waals surface area contributed by atoms with Crippen molar-refractivity contribution < 1.29 is 9.05 Å². The summed E-state index contributed by atoms with van der Waals surface area (Å²) in [7, 11) is -1.89. The average molecular weight is 443 g/mol. The van der Waals surface area contributed by atoms with Crippen molar-refractivity contribution in [2.24, 2.45) is 0 Å². The SMILES string of the molecule is [CH2]C(COP(c1ccccc1)c1ccccc1)OP(c1ccccc1)c1ccccc1. The Morgan fingerprint density at radius 3 is 1.19 bits per heavy atom. The zero-order valence-corrected chi connectivity index (χ0v) is 19.0. The van der Waals surface area contributed by atoms with Crippen LogP contribution in [0.1, 0.15) is 0 Å². The summed E-state index contributed by atoms with van der Waals surface area (Å²) >= 11 is 0. The first-order valence-corrected chi connectivity index (χ1v) is 12.8. The van der Waals surface area contributed by atoms with E-state index in [4.69, 9.17) is 9.05 Å². The molecule has 4 heteroatoms. The van der Waals surface area contributed by atoms with Crippen molar-refractivity contribution >= 4 is 37.5 Å². The molecule has 155 valence electrons. The van der Waals surface area contributed by atoms with Gasteiger partial charge in [-0.25, -0.2) is 0 Å². The number of rotatable bonds is 9. The maximum Gasteiger partial charge on any atom is 0.0922 e. The van der Waals surface area contributed by atoms with Crippen LogP contribution in [-0.4, -0.2) is 12.7 Å². The fourth-order valence-electron chi connectivity index (χ4n) is 3.16. The topological polar surface area (TPSA) is 18.5 Å². The molecule has 0 spiro atoms. The molecule has 0 bridgehead atoms. The Bertz CT molecular complexity index is 949. The van der Waals surface area contributed by atoms with Crippen LogP contribution in [0, 0.1) is 6.92 Å². The summed E-state index contributed by atoms with van der Waals surface area (Å²) in [5.74, 6) is 0. The molecule has 1 radical (unpaired) electrons. The molecule has 0 saturated carbocycles. The Morgan fingerprint density at radius 1 is 0.516 bits per heavy atom. The van der Waals surface area contributed by atoms with Crippen LogP contribution in [-0.2, 0) is 9.05 Å². The maximum atomic E-state index is 6.48. The van der Waals surface area contributed by atoms with Crippen LogP contribution in [0.25, 0.3) is 0 Å². The zero-order valence-electron chi connectivity index (χ0n) is 17.2. The molecule has 0 aliphatic rings. The fraction of sp³-hybridized carbons (Fsp3) is 0.0741. The lowest BCUT2D eigenvalue weighted by Crippen LogP contribution is -2.23. The van der Waals surface area contributed by atoms with Gasteiger partial charge < -0.3 is 9.05 Å². The lowest BCUT2D eigenvalue weighted by atomic mass is 10.4. The van der Waals surface area contributed by atoms with Gasteiger partial charge in [0.25, 0.3) is 0 Å². The first kappa shape index (κ1) is 21.9. The summed E-state index contributed by atoms with van der Waals surface area (Å²) in [6.07, 6.45) is -0.288. The van der Waals surface area contributed by atoms with Crippen molar-refractivity contribution in [3.05, 3.63) is 128 Å². The van der Waals surface area contributed by atoms with Crippen molar-refractivity contribution in [2.45, 2.75) is 6.10 Å². The molecular weight excluding hydrogens is 418 g/mol. The Hall–Kier alpha value is -2.34. The van der Waals surface area contributed by atoms with Crippen LogP contribution in [0.5, 0.6) is 0 Å². The van der Waals surface area contributed by atoms with Gasteiger partial charge in [0.15, 0.2) is 0 Å². The van der Waals surface area contributed by atoms with E-state index < -0.39 is 16.3 Å². The van der Waals surface area contributed by atoms with Crippen molar-refractivity contribution in [2.75, 3.05) is 6.61 Å². The van der Waals surface area contributed by atoms with Gasteiger partial charge in [0, 0.05) is 21.2 Å². The Labute approximate surface area is 187 Å². The first-order chi connectivity index (χ1) is 15.3. The summed E-state index contributed by atoms with van der Waals surface area (Å²) < 4.78 is 12.9. The van der Waals surface area contributed by atoms with E-state index in [0.717, 1.165) is 0 Å². The minimum atomic E-state index is -0.965. The van der Waals surface area contributed by atoms with Crippen LogP contribution >= 0.6 is 16.3 Å². The monoisotopic (exact) mass is 443 g/mol. The van der Waals surface area contributed by atoms with Gasteiger partial charge in [0.1, 0.15) is 0 Å². The van der Waals surface area contributed by atoms with Crippen LogP contribution in [0.4, 0.5) is 0 Å². The molecule has 4 rings (SSSR count). The lowest BCUT2D eigenvalue weighted by Gasteiger charge is -2.25. The summed E-state index contributed by atoms with van der Waals surface area (Å²) in [6.45, 7) is 4.69. The number of hydrogen-bond acceptors (Lipinski definition) is 2. The highest BCUT2D eigenvalue weighted by molar-refractivity contribution is 7.69. The van der Waals surface area contributed by atoms with Crippen LogP contribution < -0.4 is 21.2 Å². The third-order valence-corrected chi connectivity index (χ3v) is 8.59. The van der Waals surface area contributed by atoms with E-state index in [2.05, 4.69) is 104 Å². The molecule has 0 aliphatic carbocycles. The molecule has 4 aromatic rings. The second-order valence-corrected chi connectivity index (χ2v) is 10.7. The molecule has 0 heterocycles. The quantitative estimate of drug-likeness (QED) is 0.326. The summed E-state index contributed by atoms with van der Waals surface area (Å²) in [6, 6.07) is 41.5. The number of hydrogen-bond donors (Lipinski definition) is 0. The van der Waals surface area contributed by atoms with Crippen molar-refractivity contribution in [3.8, 4) is 0 Å². The van der Waals surface area contributed by atoms with E-state index in [-0.39, 0.29) is 6.10 Å². The predicted molar refractivity (Wildman–Crippen MR) is 134 cm³/mol. The molecule has 4 aromatic carbocycles. The second kappa shape index (κ2) is 11.3. The van der Waals surface area contributed by atoms with E-state index in [9.17, 15) is 0 Å². The molecule has 0 aliphatic heterocycles. The van der Waals surface area contributed by atoms with Gasteiger partial charge in [-0.1, -0.05) is 121 Å². The standard InChI is InChI=1S/C27H25O2P2/c1-23(29-31(26-18-10-4-11-19-26)27-20-12-5-13-21-27)22-28-30(24-14-6-2-7-15-24)25-16-8-3-9-17-25/h2-21,23H,1,22H2. The molecule has 1 atom stereocenters. The Kier molecular flexibility index (Phi) is 7.99. The summed E-state index contributed by atoms with van der Waals surface area (Å²) in [5, 5.41) is 4.71. The van der Waals surface area contributed by atoms with E-state index in [0.29, 0.717) is 6.61 Å². The zero-order chi connectivity index (χ0) is 21.3. The van der Waals surface area contributed by atoms with Crippen LogP contribution in [0.2, 0.25) is 0 Å². The van der Waals surface area contributed by atoms with Crippen molar-refractivity contribution in [3.63, 3.8) is 0 Å². The minimum Gasteiger partial charge on any atom is -0.347 e. The molecule has 0 amide bonds. The maximum absolute atomic E-state index is 6.48. The van der Waals surface area contributed by atoms with Crippen LogP contribution in [0.15, 0.2) is 121 Å². The number of benzene rings is 4. The van der Waals surface area contributed by atoms with Gasteiger partial charge in [0.05, 0.1) is 29.0 Å². The van der Waals surface area contributed by atoms with Gasteiger partial charge in [-0.05, 0) is 6.92 Å². The highest BCUT2D eigenvalue weighted by Crippen LogP contribution is 2.39. The third kappa shape index (κ3) is 6.10. The van der Waals surface area contributed by atoms with E-state index in [1.165, 1.54) is 21.2 Å². The molecule has 0 fully saturated rings. The highest BCUT2D eigenvalue weighted by Gasteiger charge is 2.21. The van der Waals surface area contributed by atoms with E-state index >= 15 is 0 Å². The van der Waals surface area contributed by atoms with Gasteiger partial charge >= 0.3 is 0 Å². The molecular formula is C27H25O2P2. The largest absolute Gasteiger partial charge is 0.347 e. The summed E-state index contributed by atoms with van der Waals surface area (Å²) in [5.41, 5.74) is 0. The first-order valence-electron chi connectivity index (χ1n) is 10.2. The second-order valence-electron chi connectivity index (χ2n) is 6.95. The molecule has 0 aromatic heterocycles. The molecule has 0 saturated heterocycles. The fourth-order valence-corrected chi connectivity index (χ4v) is 6.74. The molecule has 2 nitrogen and oxygen atoms in total. The van der Waals surface area contributed by atoms with E-state index in [1.807, 2.05) is 24.3 Å². The predicted octanol–water partition coefficient (Wildman–Crippen LogP) is 5.32. The van der Waals surface area contributed by atoms with E-state index in [1.54, 1.807) is 0 Å². The minimum absolute atomic E-state index is 0.288. The normalized spacial score (nSPS) is 12.2. The smallest absolute Gasteiger partial charge is 0.0922 e. The van der Waals surface area contributed by atoms with Gasteiger partial charge in [-0.3, -0.25) is 0 Å². The summed E-state index contributed by atoms with van der Waals surface area (Å²) in [4.78, 5) is 0. The molecule has 0 N–H and O–H groups in total. The Balaban J connectivity index is 1.50. The van der Waals surface area contributed by atoms with Crippen LogP contribution in [0.3, 0.4) is 0 Å². The van der Waals surface area contributed by atoms with Gasteiger partial charge in [0.2, 0.25) is 0 Å². The third-order valence-electron chi connectivity index (χ3n) is 4.61.